The maximum absolute atomic E-state index is 6.50. The summed E-state index contributed by atoms with van der Waals surface area (Å²) in [4.78, 5) is 19.2. The van der Waals surface area contributed by atoms with E-state index in [1.807, 2.05) is 48.8 Å². The van der Waals surface area contributed by atoms with Crippen LogP contribution in [0.4, 0.5) is 0 Å². The summed E-state index contributed by atoms with van der Waals surface area (Å²) in [5, 5.41) is 1.99. The van der Waals surface area contributed by atoms with E-state index in [1.54, 1.807) is 0 Å². The van der Waals surface area contributed by atoms with Crippen LogP contribution in [0.15, 0.2) is 132 Å². The fourth-order valence-corrected chi connectivity index (χ4v) is 11.2. The topological polar surface area (TPSA) is 69.6 Å². The number of rotatable bonds is 7. The second-order valence-corrected chi connectivity index (χ2v) is 28.1. The van der Waals surface area contributed by atoms with Crippen LogP contribution in [0.5, 0.6) is 0 Å². The molecule has 0 aliphatic heterocycles. The van der Waals surface area contributed by atoms with Gasteiger partial charge in [-0.2, -0.15) is 0 Å². The summed E-state index contributed by atoms with van der Waals surface area (Å²) in [5.74, 6) is 8.30. The zero-order chi connectivity index (χ0) is 41.5. The van der Waals surface area contributed by atoms with Crippen LogP contribution in [0.2, 0.25) is 17.3 Å². The molecule has 5 heterocycles. The van der Waals surface area contributed by atoms with E-state index in [0.29, 0.717) is 5.71 Å². The molecule has 0 saturated carbocycles. The van der Waals surface area contributed by atoms with Gasteiger partial charge in [0.15, 0.2) is 0 Å². The molecular formula is C52H51GeIrN5O-2. The molecule has 9 aromatic rings. The Bertz CT molecular complexity index is 2910. The molecule has 0 N–H and O–H groups in total. The van der Waals surface area contributed by atoms with Crippen LogP contribution in [-0.4, -0.2) is 37.8 Å². The summed E-state index contributed by atoms with van der Waals surface area (Å²) in [5.41, 5.74) is 13.1. The number of imidazole rings is 1. The van der Waals surface area contributed by atoms with E-state index < -0.39 is 13.3 Å². The summed E-state index contributed by atoms with van der Waals surface area (Å²) >= 11 is -1.80. The van der Waals surface area contributed by atoms with Gasteiger partial charge in [-0.3, -0.25) is 9.97 Å². The van der Waals surface area contributed by atoms with Crippen molar-refractivity contribution in [3.05, 3.63) is 157 Å². The van der Waals surface area contributed by atoms with Gasteiger partial charge >= 0.3 is 113 Å². The molecule has 0 atom stereocenters. The van der Waals surface area contributed by atoms with Gasteiger partial charge in [0.1, 0.15) is 0 Å². The van der Waals surface area contributed by atoms with Gasteiger partial charge in [0.25, 0.3) is 0 Å². The first-order valence-electron chi connectivity index (χ1n) is 20.5. The first kappa shape index (κ1) is 42.9. The normalized spacial score (nSPS) is 11.8. The first-order chi connectivity index (χ1) is 28.3. The van der Waals surface area contributed by atoms with Crippen LogP contribution < -0.4 is 4.40 Å². The molecule has 0 aliphatic rings. The second-order valence-electron chi connectivity index (χ2n) is 17.5. The predicted molar refractivity (Wildman–Crippen MR) is 247 cm³/mol. The van der Waals surface area contributed by atoms with Crippen molar-refractivity contribution in [2.45, 2.75) is 76.6 Å². The number of pyridine rings is 3. The van der Waals surface area contributed by atoms with Gasteiger partial charge < -0.3 is 8.98 Å². The number of nitrogens with zero attached hydrogens (tertiary/aromatic N) is 5. The molecule has 0 spiro atoms. The standard InChI is InChI=1S/C36H31N4O.C16H20GeN.Ir/c1-22(2)29-20-37-21-30-32(29)40(25-16-14-24(15-17-25)23-10-7-6-8-11-23)34(38-30)28-13-9-12-26-27-18-19-31(36(3,4)5)39-35(27)41-33(26)28;1-5-13-11-16(14-9-7-6-8-10-14)18-12-15(13)17(2,3)4;/h6-12,14-22H,1-5H3;6-9,11-12H,5H2,1-4H3;/q2*-1;. The number of hydrogen-bond donors (Lipinski definition) is 0. The molecule has 305 valence electrons. The van der Waals surface area contributed by atoms with E-state index in [-0.39, 0.29) is 31.4 Å². The minimum Gasteiger partial charge on any atom is 0 e. The third-order valence-electron chi connectivity index (χ3n) is 10.9. The van der Waals surface area contributed by atoms with E-state index in [4.69, 9.17) is 14.4 Å². The summed E-state index contributed by atoms with van der Waals surface area (Å²) in [6.07, 6.45) is 6.99. The maximum Gasteiger partial charge on any atom is 0 e. The molecular weight excluding hydrogens is 975 g/mol. The number of furan rings is 1. The number of benzene rings is 4. The Balaban J connectivity index is 0.000000241. The van der Waals surface area contributed by atoms with Gasteiger partial charge in [-0.1, -0.05) is 88.0 Å². The summed E-state index contributed by atoms with van der Waals surface area (Å²) < 4.78 is 10.3. The van der Waals surface area contributed by atoms with Crippen LogP contribution in [-0.2, 0) is 31.9 Å². The Morgan fingerprint density at radius 1 is 0.767 bits per heavy atom. The first-order valence-corrected chi connectivity index (χ1v) is 27.9. The molecule has 0 amide bonds. The van der Waals surface area contributed by atoms with E-state index in [9.17, 15) is 0 Å². The van der Waals surface area contributed by atoms with Crippen molar-refractivity contribution in [1.82, 2.24) is 24.5 Å². The molecule has 0 bridgehead atoms. The Hall–Kier alpha value is -5.21. The van der Waals surface area contributed by atoms with Crippen LogP contribution in [0.3, 0.4) is 0 Å². The van der Waals surface area contributed by atoms with Crippen LogP contribution in [0, 0.1) is 12.1 Å². The number of aryl methyl sites for hydroxylation is 1. The molecule has 4 aromatic carbocycles. The van der Waals surface area contributed by atoms with E-state index in [0.717, 1.165) is 79.0 Å². The van der Waals surface area contributed by atoms with Crippen molar-refractivity contribution in [3.8, 4) is 39.5 Å². The molecule has 6 nitrogen and oxygen atoms in total. The molecule has 0 unspecified atom stereocenters. The molecule has 0 saturated heterocycles. The van der Waals surface area contributed by atoms with Crippen molar-refractivity contribution in [2.75, 3.05) is 0 Å². The average Bonchev–Trinajstić information content (AvgIpc) is 3.82. The molecule has 8 heteroatoms. The predicted octanol–water partition coefficient (Wildman–Crippen LogP) is 12.9. The fraction of sp³-hybridized carbons (Fsp3) is 0.231. The molecule has 0 fully saturated rings. The van der Waals surface area contributed by atoms with Crippen LogP contribution in [0.1, 0.15) is 64.3 Å². The zero-order valence-electron chi connectivity index (χ0n) is 35.9. The van der Waals surface area contributed by atoms with Crippen LogP contribution in [0.25, 0.3) is 72.6 Å². The Labute approximate surface area is 370 Å². The van der Waals surface area contributed by atoms with Gasteiger partial charge in [-0.05, 0) is 46.9 Å². The van der Waals surface area contributed by atoms with Crippen molar-refractivity contribution >= 4 is 50.8 Å². The molecule has 0 aliphatic carbocycles. The molecule has 5 aromatic heterocycles. The Morgan fingerprint density at radius 3 is 2.17 bits per heavy atom. The molecule has 9 rings (SSSR count). The van der Waals surface area contributed by atoms with Gasteiger partial charge in [0.2, 0.25) is 5.71 Å². The van der Waals surface area contributed by atoms with Crippen LogP contribution >= 0.6 is 0 Å². The third-order valence-corrected chi connectivity index (χ3v) is 15.2. The van der Waals surface area contributed by atoms with Crippen molar-refractivity contribution in [1.29, 1.82) is 0 Å². The average molecular weight is 1030 g/mol. The quantitative estimate of drug-likeness (QED) is 0.118. The number of hydrogen-bond acceptors (Lipinski definition) is 5. The van der Waals surface area contributed by atoms with Crippen molar-refractivity contribution in [2.24, 2.45) is 0 Å². The van der Waals surface area contributed by atoms with Gasteiger partial charge in [-0.25, -0.2) is 4.98 Å². The van der Waals surface area contributed by atoms with Gasteiger partial charge in [-0.15, -0.1) is 18.2 Å². The molecule has 1 radical (unpaired) electrons. The van der Waals surface area contributed by atoms with E-state index in [2.05, 4.69) is 164 Å². The smallest absolute Gasteiger partial charge is 0 e. The fourth-order valence-electron chi connectivity index (χ4n) is 7.70. The van der Waals surface area contributed by atoms with Gasteiger partial charge in [0.05, 0.1) is 28.6 Å². The number of aromatic nitrogens is 5. The summed E-state index contributed by atoms with van der Waals surface area (Å²) in [7, 11) is 0. The SMILES string of the molecule is CC(C)c1cncc2nc(-c3[c-]ccc4c3oc3nc(C(C)(C)C)ccc34)n(-c3ccc(-c4ccccc4)cc3)c12.CCc1cc(-c2[c-]cccc2)nc[c]1[Ge]([CH3])([CH3])[CH3].[Ir]. The minimum atomic E-state index is -1.80. The maximum atomic E-state index is 6.50. The second kappa shape index (κ2) is 17.4. The van der Waals surface area contributed by atoms with Gasteiger partial charge in [0, 0.05) is 48.5 Å². The van der Waals surface area contributed by atoms with E-state index >= 15 is 0 Å². The van der Waals surface area contributed by atoms with E-state index in [1.165, 1.54) is 15.5 Å². The Morgan fingerprint density at radius 2 is 1.50 bits per heavy atom. The Kier molecular flexibility index (Phi) is 12.4. The summed E-state index contributed by atoms with van der Waals surface area (Å²) in [6, 6.07) is 44.3. The van der Waals surface area contributed by atoms with Crippen molar-refractivity contribution in [3.63, 3.8) is 0 Å². The van der Waals surface area contributed by atoms with Crippen molar-refractivity contribution < 1.29 is 24.5 Å². The largest absolute Gasteiger partial charge is 0 e. The monoisotopic (exact) mass is 1030 g/mol. The summed E-state index contributed by atoms with van der Waals surface area (Å²) in [6.45, 7) is 13.1. The zero-order valence-corrected chi connectivity index (χ0v) is 40.4. The third kappa shape index (κ3) is 8.54. The minimum absolute atomic E-state index is 0. The number of fused-ring (bicyclic) bond motifs is 4. The molecule has 60 heavy (non-hydrogen) atoms.